The van der Waals surface area contributed by atoms with Gasteiger partial charge in [-0.05, 0) is 52.3 Å². The van der Waals surface area contributed by atoms with Gasteiger partial charge in [-0.15, -0.1) is 0 Å². The molecule has 0 unspecified atom stereocenters. The second-order valence-corrected chi connectivity index (χ2v) is 6.29. The maximum atomic E-state index is 4.51. The predicted molar refractivity (Wildman–Crippen MR) is 87.3 cm³/mol. The Balaban J connectivity index is 1.82. The van der Waals surface area contributed by atoms with Crippen LogP contribution in [-0.2, 0) is 0 Å². The molecule has 1 fully saturated rings. The van der Waals surface area contributed by atoms with Gasteiger partial charge in [0.1, 0.15) is 5.82 Å². The Morgan fingerprint density at radius 1 is 1.00 bits per heavy atom. The number of aromatic nitrogens is 2. The molecule has 2 heterocycles. The van der Waals surface area contributed by atoms with Gasteiger partial charge in [0.25, 0.3) is 0 Å². The molecule has 1 atom stereocenters. The molecule has 0 radical (unpaired) electrons. The molecule has 1 aliphatic rings. The summed E-state index contributed by atoms with van der Waals surface area (Å²) in [6.45, 7) is 9.17. The third kappa shape index (κ3) is 2.88. The fourth-order valence-electron chi connectivity index (χ4n) is 3.20. The first-order chi connectivity index (χ1) is 10.2. The first kappa shape index (κ1) is 14.3. The third-order valence-electron chi connectivity index (χ3n) is 4.56. The highest BCUT2D eigenvalue weighted by Crippen LogP contribution is 2.27. The van der Waals surface area contributed by atoms with Gasteiger partial charge in [0.05, 0.1) is 0 Å². The summed E-state index contributed by atoms with van der Waals surface area (Å²) < 4.78 is 2.22. The van der Waals surface area contributed by atoms with Gasteiger partial charge >= 0.3 is 0 Å². The Kier molecular flexibility index (Phi) is 4.11. The molecule has 0 bridgehead atoms. The van der Waals surface area contributed by atoms with Gasteiger partial charge in [-0.25, -0.2) is 4.98 Å². The molecule has 0 N–H and O–H groups in total. The highest BCUT2D eigenvalue weighted by Gasteiger charge is 2.19. The molecule has 2 aromatic rings. The van der Waals surface area contributed by atoms with E-state index in [0.29, 0.717) is 12.1 Å². The van der Waals surface area contributed by atoms with Crippen LogP contribution in [0.5, 0.6) is 0 Å². The Hall–Kier alpha value is -1.61. The Morgan fingerprint density at radius 2 is 1.67 bits per heavy atom. The third-order valence-corrected chi connectivity index (χ3v) is 4.56. The molecule has 0 spiro atoms. The van der Waals surface area contributed by atoms with Crippen LogP contribution in [0.1, 0.15) is 51.3 Å². The maximum absolute atomic E-state index is 4.51. The van der Waals surface area contributed by atoms with E-state index >= 15 is 0 Å². The van der Waals surface area contributed by atoms with Crippen LogP contribution >= 0.6 is 0 Å². The van der Waals surface area contributed by atoms with Gasteiger partial charge in [0.2, 0.25) is 0 Å². The van der Waals surface area contributed by atoms with Gasteiger partial charge in [-0.1, -0.05) is 24.3 Å². The Bertz CT molecular complexity index is 577. The zero-order valence-electron chi connectivity index (χ0n) is 13.3. The summed E-state index contributed by atoms with van der Waals surface area (Å²) in [5.41, 5.74) is 2.61. The molecule has 0 aliphatic carbocycles. The van der Waals surface area contributed by atoms with Gasteiger partial charge in [0.15, 0.2) is 0 Å². The Morgan fingerprint density at radius 3 is 2.29 bits per heavy atom. The van der Waals surface area contributed by atoms with Crippen LogP contribution in [0, 0.1) is 0 Å². The monoisotopic (exact) mass is 283 g/mol. The van der Waals surface area contributed by atoms with Crippen LogP contribution in [0.2, 0.25) is 0 Å². The quantitative estimate of drug-likeness (QED) is 0.834. The maximum Gasteiger partial charge on any atom is 0.140 e. The number of likely N-dealkylation sites (tertiary alicyclic amines) is 1. The standard InChI is InChI=1S/C18H25N3/c1-14(2)21-13-10-19-18(21)17-8-6-16(7-9-17)15(3)20-11-4-5-12-20/h6-10,13-15H,4-5,11-12H2,1-3H3/t15-/m0/s1. The van der Waals surface area contributed by atoms with E-state index in [-0.39, 0.29) is 0 Å². The first-order valence-electron chi connectivity index (χ1n) is 8.04. The molecule has 1 aromatic heterocycles. The SMILES string of the molecule is CC(C)n1ccnc1-c1ccc([C@H](C)N2CCCC2)cc1. The number of imidazole rings is 1. The lowest BCUT2D eigenvalue weighted by Crippen LogP contribution is -2.23. The number of benzene rings is 1. The van der Waals surface area contributed by atoms with E-state index in [9.17, 15) is 0 Å². The molecular weight excluding hydrogens is 258 g/mol. The summed E-state index contributed by atoms with van der Waals surface area (Å²) in [7, 11) is 0. The van der Waals surface area contributed by atoms with Gasteiger partial charge in [0, 0.05) is 30.0 Å². The molecule has 0 saturated carbocycles. The molecule has 1 aromatic carbocycles. The van der Waals surface area contributed by atoms with E-state index < -0.39 is 0 Å². The molecule has 3 heteroatoms. The van der Waals surface area contributed by atoms with E-state index in [0.717, 1.165) is 5.82 Å². The van der Waals surface area contributed by atoms with Crippen LogP contribution in [0.15, 0.2) is 36.7 Å². The van der Waals surface area contributed by atoms with Crippen LogP contribution in [0.4, 0.5) is 0 Å². The predicted octanol–water partition coefficient (Wildman–Crippen LogP) is 4.29. The zero-order chi connectivity index (χ0) is 14.8. The number of rotatable bonds is 4. The molecule has 3 rings (SSSR count). The molecule has 3 nitrogen and oxygen atoms in total. The van der Waals surface area contributed by atoms with Gasteiger partial charge in [-0.3, -0.25) is 4.90 Å². The molecule has 112 valence electrons. The summed E-state index contributed by atoms with van der Waals surface area (Å²) >= 11 is 0. The molecule has 21 heavy (non-hydrogen) atoms. The fourth-order valence-corrected chi connectivity index (χ4v) is 3.20. The van der Waals surface area contributed by atoms with Crippen molar-refractivity contribution in [1.82, 2.24) is 14.5 Å². The van der Waals surface area contributed by atoms with Gasteiger partial charge < -0.3 is 4.57 Å². The van der Waals surface area contributed by atoms with Crippen molar-refractivity contribution >= 4 is 0 Å². The number of hydrogen-bond acceptors (Lipinski definition) is 2. The summed E-state index contributed by atoms with van der Waals surface area (Å²) in [5.74, 6) is 1.06. The molecule has 1 saturated heterocycles. The topological polar surface area (TPSA) is 21.1 Å². The lowest BCUT2D eigenvalue weighted by Gasteiger charge is -2.24. The van der Waals surface area contributed by atoms with E-state index in [1.165, 1.54) is 37.1 Å². The lowest BCUT2D eigenvalue weighted by molar-refractivity contribution is 0.263. The zero-order valence-corrected chi connectivity index (χ0v) is 13.3. The smallest absolute Gasteiger partial charge is 0.140 e. The van der Waals surface area contributed by atoms with Crippen LogP contribution in [-0.4, -0.2) is 27.5 Å². The van der Waals surface area contributed by atoms with E-state index in [2.05, 4.69) is 65.7 Å². The van der Waals surface area contributed by atoms with Crippen molar-refractivity contribution in [3.8, 4) is 11.4 Å². The van der Waals surface area contributed by atoms with Crippen LogP contribution < -0.4 is 0 Å². The van der Waals surface area contributed by atoms with Crippen molar-refractivity contribution in [2.75, 3.05) is 13.1 Å². The van der Waals surface area contributed by atoms with E-state index in [1.54, 1.807) is 0 Å². The average molecular weight is 283 g/mol. The minimum absolute atomic E-state index is 0.436. The first-order valence-corrected chi connectivity index (χ1v) is 8.04. The van der Waals surface area contributed by atoms with Gasteiger partial charge in [-0.2, -0.15) is 0 Å². The summed E-state index contributed by atoms with van der Waals surface area (Å²) in [6, 6.07) is 9.90. The van der Waals surface area contributed by atoms with Crippen LogP contribution in [0.3, 0.4) is 0 Å². The normalized spacial score (nSPS) is 17.5. The summed E-state index contributed by atoms with van der Waals surface area (Å²) in [6.07, 6.45) is 6.62. The molecule has 0 amide bonds. The number of nitrogens with zero attached hydrogens (tertiary/aromatic N) is 3. The fraction of sp³-hybridized carbons (Fsp3) is 0.500. The Labute approximate surface area is 127 Å². The highest BCUT2D eigenvalue weighted by molar-refractivity contribution is 5.56. The second kappa shape index (κ2) is 6.02. The second-order valence-electron chi connectivity index (χ2n) is 6.29. The highest BCUT2D eigenvalue weighted by atomic mass is 15.2. The van der Waals surface area contributed by atoms with E-state index in [4.69, 9.17) is 0 Å². The largest absolute Gasteiger partial charge is 0.328 e. The minimum Gasteiger partial charge on any atom is -0.328 e. The number of hydrogen-bond donors (Lipinski definition) is 0. The summed E-state index contributed by atoms with van der Waals surface area (Å²) in [4.78, 5) is 7.09. The van der Waals surface area contributed by atoms with Crippen molar-refractivity contribution in [2.24, 2.45) is 0 Å². The van der Waals surface area contributed by atoms with Crippen molar-refractivity contribution in [1.29, 1.82) is 0 Å². The van der Waals surface area contributed by atoms with Crippen molar-refractivity contribution in [3.63, 3.8) is 0 Å². The van der Waals surface area contributed by atoms with Crippen molar-refractivity contribution < 1.29 is 0 Å². The van der Waals surface area contributed by atoms with Crippen molar-refractivity contribution in [2.45, 2.75) is 45.7 Å². The summed E-state index contributed by atoms with van der Waals surface area (Å²) in [5, 5.41) is 0. The average Bonchev–Trinajstić information content (AvgIpc) is 3.18. The van der Waals surface area contributed by atoms with Crippen molar-refractivity contribution in [3.05, 3.63) is 42.2 Å². The molecule has 1 aliphatic heterocycles. The van der Waals surface area contributed by atoms with Crippen LogP contribution in [0.25, 0.3) is 11.4 Å². The minimum atomic E-state index is 0.436. The van der Waals surface area contributed by atoms with E-state index in [1.807, 2.05) is 6.20 Å². The molecular formula is C18H25N3. The lowest BCUT2D eigenvalue weighted by atomic mass is 10.0.